The Balaban J connectivity index is 2.14. The number of amides is 2. The van der Waals surface area contributed by atoms with Crippen LogP contribution in [0, 0.1) is 5.92 Å². The Morgan fingerprint density at radius 2 is 2.12 bits per heavy atom. The van der Waals surface area contributed by atoms with Gasteiger partial charge in [-0.15, -0.1) is 0 Å². The van der Waals surface area contributed by atoms with Crippen molar-refractivity contribution in [3.05, 3.63) is 28.8 Å². The monoisotopic (exact) mass is 362 g/mol. The van der Waals surface area contributed by atoms with E-state index in [1.165, 1.54) is 18.2 Å². The van der Waals surface area contributed by atoms with Gasteiger partial charge in [-0.25, -0.2) is 4.79 Å². The third-order valence-electron chi connectivity index (χ3n) is 4.46. The SMILES string of the molecule is CCN1C[C@@](OCC2CC2)(C(F)(F)F)c2cc(Cl)ccc2NC1=O. The van der Waals surface area contributed by atoms with Gasteiger partial charge in [0.05, 0.1) is 13.2 Å². The molecule has 1 N–H and O–H groups in total. The van der Waals surface area contributed by atoms with E-state index in [1.807, 2.05) is 0 Å². The van der Waals surface area contributed by atoms with Gasteiger partial charge in [0, 0.05) is 22.8 Å². The summed E-state index contributed by atoms with van der Waals surface area (Å²) in [4.78, 5) is 13.3. The number of alkyl halides is 3. The fourth-order valence-electron chi connectivity index (χ4n) is 2.83. The van der Waals surface area contributed by atoms with Crippen LogP contribution in [0.4, 0.5) is 23.7 Å². The lowest BCUT2D eigenvalue weighted by Crippen LogP contribution is -2.53. The first-order chi connectivity index (χ1) is 11.3. The van der Waals surface area contributed by atoms with Crippen LogP contribution in [0.2, 0.25) is 5.02 Å². The van der Waals surface area contributed by atoms with Crippen LogP contribution < -0.4 is 5.32 Å². The van der Waals surface area contributed by atoms with Crippen molar-refractivity contribution in [2.75, 3.05) is 25.0 Å². The zero-order valence-electron chi connectivity index (χ0n) is 13.1. The molecule has 1 heterocycles. The van der Waals surface area contributed by atoms with Crippen molar-refractivity contribution in [3.8, 4) is 0 Å². The maximum absolute atomic E-state index is 14.2. The molecule has 1 aliphatic heterocycles. The first kappa shape index (κ1) is 17.4. The summed E-state index contributed by atoms with van der Waals surface area (Å²) in [5, 5.41) is 2.69. The number of ether oxygens (including phenoxy) is 1. The Labute approximate surface area is 142 Å². The lowest BCUT2D eigenvalue weighted by Gasteiger charge is -2.38. The van der Waals surface area contributed by atoms with Crippen molar-refractivity contribution in [2.24, 2.45) is 5.92 Å². The van der Waals surface area contributed by atoms with E-state index < -0.39 is 24.4 Å². The number of carbonyl (C=O) groups is 1. The molecule has 0 spiro atoms. The summed E-state index contributed by atoms with van der Waals surface area (Å²) in [5.74, 6) is 0.147. The van der Waals surface area contributed by atoms with Gasteiger partial charge in [0.15, 0.2) is 0 Å². The van der Waals surface area contributed by atoms with Crippen LogP contribution in [0.5, 0.6) is 0 Å². The Hall–Kier alpha value is -1.47. The number of nitrogens with one attached hydrogen (secondary N) is 1. The number of benzene rings is 1. The Bertz CT molecular complexity index is 649. The predicted octanol–water partition coefficient (Wildman–Crippen LogP) is 4.39. The van der Waals surface area contributed by atoms with Crippen LogP contribution in [0.1, 0.15) is 25.3 Å². The topological polar surface area (TPSA) is 41.6 Å². The largest absolute Gasteiger partial charge is 0.423 e. The molecule has 0 unspecified atom stereocenters. The van der Waals surface area contributed by atoms with E-state index in [0.717, 1.165) is 17.7 Å². The molecule has 1 aliphatic carbocycles. The van der Waals surface area contributed by atoms with E-state index in [2.05, 4.69) is 5.32 Å². The molecule has 24 heavy (non-hydrogen) atoms. The summed E-state index contributed by atoms with van der Waals surface area (Å²) < 4.78 is 48.0. The molecule has 0 aromatic heterocycles. The average molecular weight is 363 g/mol. The van der Waals surface area contributed by atoms with Crippen LogP contribution in [0.3, 0.4) is 0 Å². The lowest BCUT2D eigenvalue weighted by atomic mass is 9.90. The first-order valence-corrected chi connectivity index (χ1v) is 8.21. The molecule has 1 atom stereocenters. The first-order valence-electron chi connectivity index (χ1n) is 7.83. The van der Waals surface area contributed by atoms with Crippen LogP contribution >= 0.6 is 11.6 Å². The number of nitrogens with zero attached hydrogens (tertiary/aromatic N) is 1. The number of fused-ring (bicyclic) bond motifs is 1. The second-order valence-corrected chi connectivity index (χ2v) is 6.65. The molecule has 4 nitrogen and oxygen atoms in total. The van der Waals surface area contributed by atoms with Crippen molar-refractivity contribution in [2.45, 2.75) is 31.5 Å². The van der Waals surface area contributed by atoms with Crippen LogP contribution in [-0.2, 0) is 10.3 Å². The Morgan fingerprint density at radius 1 is 1.42 bits per heavy atom. The number of anilines is 1. The van der Waals surface area contributed by atoms with Crippen molar-refractivity contribution in [3.63, 3.8) is 0 Å². The van der Waals surface area contributed by atoms with Crippen molar-refractivity contribution < 1.29 is 22.7 Å². The maximum Gasteiger partial charge on any atom is 0.423 e. The van der Waals surface area contributed by atoms with Gasteiger partial charge in [-0.3, -0.25) is 0 Å². The van der Waals surface area contributed by atoms with Gasteiger partial charge >= 0.3 is 12.2 Å². The van der Waals surface area contributed by atoms with E-state index >= 15 is 0 Å². The quantitative estimate of drug-likeness (QED) is 0.863. The lowest BCUT2D eigenvalue weighted by molar-refractivity contribution is -0.288. The van der Waals surface area contributed by atoms with Gasteiger partial charge in [0.2, 0.25) is 5.60 Å². The number of hydrogen-bond acceptors (Lipinski definition) is 2. The molecule has 0 bridgehead atoms. The van der Waals surface area contributed by atoms with Gasteiger partial charge in [0.25, 0.3) is 0 Å². The van der Waals surface area contributed by atoms with E-state index in [4.69, 9.17) is 16.3 Å². The molecule has 0 radical (unpaired) electrons. The van der Waals surface area contributed by atoms with Crippen LogP contribution in [-0.4, -0.2) is 36.8 Å². The van der Waals surface area contributed by atoms with Gasteiger partial charge < -0.3 is 15.0 Å². The summed E-state index contributed by atoms with van der Waals surface area (Å²) in [6.07, 6.45) is -2.96. The number of carbonyl (C=O) groups excluding carboxylic acids is 1. The molecule has 2 aliphatic rings. The highest BCUT2D eigenvalue weighted by atomic mass is 35.5. The van der Waals surface area contributed by atoms with Gasteiger partial charge in [-0.1, -0.05) is 11.6 Å². The molecule has 0 saturated heterocycles. The normalized spacial score (nSPS) is 24.4. The summed E-state index contributed by atoms with van der Waals surface area (Å²) in [6.45, 7) is 1.18. The minimum absolute atomic E-state index is 0.0111. The molecule has 8 heteroatoms. The minimum atomic E-state index is -4.69. The van der Waals surface area contributed by atoms with Crippen molar-refractivity contribution >= 4 is 23.3 Å². The molecule has 1 saturated carbocycles. The molecule has 1 aromatic rings. The molecule has 1 aromatic carbocycles. The highest BCUT2D eigenvalue weighted by Crippen LogP contribution is 2.48. The van der Waals surface area contributed by atoms with Crippen LogP contribution in [0.25, 0.3) is 0 Å². The summed E-state index contributed by atoms with van der Waals surface area (Å²) >= 11 is 5.94. The zero-order valence-corrected chi connectivity index (χ0v) is 13.9. The zero-order chi connectivity index (χ0) is 17.5. The number of urea groups is 1. The Morgan fingerprint density at radius 3 is 2.71 bits per heavy atom. The second kappa shape index (κ2) is 6.11. The predicted molar refractivity (Wildman–Crippen MR) is 84.1 cm³/mol. The molecular formula is C16H18ClF3N2O2. The second-order valence-electron chi connectivity index (χ2n) is 6.21. The number of likely N-dealkylation sites (N-methyl/N-ethyl adjacent to an activating group) is 1. The van der Waals surface area contributed by atoms with E-state index in [9.17, 15) is 18.0 Å². The summed E-state index contributed by atoms with van der Waals surface area (Å²) in [5.41, 5.74) is -2.66. The summed E-state index contributed by atoms with van der Waals surface area (Å²) in [6, 6.07) is 3.48. The maximum atomic E-state index is 14.2. The average Bonchev–Trinajstić information content (AvgIpc) is 3.32. The molecule has 132 valence electrons. The number of rotatable bonds is 4. The van der Waals surface area contributed by atoms with Gasteiger partial charge in [-0.05, 0) is 43.9 Å². The fourth-order valence-corrected chi connectivity index (χ4v) is 3.00. The molecule has 2 amide bonds. The van der Waals surface area contributed by atoms with Gasteiger partial charge in [0.1, 0.15) is 0 Å². The molecule has 1 fully saturated rings. The summed E-state index contributed by atoms with van der Waals surface area (Å²) in [7, 11) is 0. The third-order valence-corrected chi connectivity index (χ3v) is 4.70. The van der Waals surface area contributed by atoms with E-state index in [-0.39, 0.29) is 35.3 Å². The number of hydrogen-bond donors (Lipinski definition) is 1. The van der Waals surface area contributed by atoms with Gasteiger partial charge in [-0.2, -0.15) is 13.2 Å². The van der Waals surface area contributed by atoms with E-state index in [0.29, 0.717) is 0 Å². The third kappa shape index (κ3) is 3.07. The highest BCUT2D eigenvalue weighted by molar-refractivity contribution is 6.30. The molecule has 3 rings (SSSR count). The minimum Gasteiger partial charge on any atom is -0.359 e. The smallest absolute Gasteiger partial charge is 0.359 e. The number of halogens is 4. The fraction of sp³-hybridized carbons (Fsp3) is 0.562. The molecular weight excluding hydrogens is 345 g/mol. The van der Waals surface area contributed by atoms with E-state index in [1.54, 1.807) is 6.92 Å². The Kier molecular flexibility index (Phi) is 4.42. The van der Waals surface area contributed by atoms with Crippen molar-refractivity contribution in [1.82, 2.24) is 4.90 Å². The highest BCUT2D eigenvalue weighted by Gasteiger charge is 2.61. The van der Waals surface area contributed by atoms with Crippen LogP contribution in [0.15, 0.2) is 18.2 Å². The van der Waals surface area contributed by atoms with Crippen molar-refractivity contribution in [1.29, 1.82) is 0 Å². The standard InChI is InChI=1S/C16H18ClF3N2O2/c1-2-22-9-15(16(18,19)20,24-8-10-3-4-10)12-7-11(17)5-6-13(12)21-14(22)23/h5-7,10H,2-4,8-9H2,1H3,(H,21,23)/t15-/m0/s1.